The summed E-state index contributed by atoms with van der Waals surface area (Å²) in [7, 11) is 1.60. The van der Waals surface area contributed by atoms with Gasteiger partial charge in [-0.3, -0.25) is 4.79 Å². The number of anilines is 1. The van der Waals surface area contributed by atoms with Crippen molar-refractivity contribution < 1.29 is 4.74 Å². The molecule has 0 saturated carbocycles. The second-order valence-corrected chi connectivity index (χ2v) is 6.22. The van der Waals surface area contributed by atoms with Crippen molar-refractivity contribution in [3.8, 4) is 0 Å². The van der Waals surface area contributed by atoms with Crippen molar-refractivity contribution in [2.45, 2.75) is 19.5 Å². The van der Waals surface area contributed by atoms with Crippen molar-refractivity contribution in [1.29, 1.82) is 0 Å². The first kappa shape index (κ1) is 14.8. The molecule has 3 unspecified atom stereocenters. The van der Waals surface area contributed by atoms with Crippen LogP contribution in [0.25, 0.3) is 0 Å². The van der Waals surface area contributed by atoms with Crippen LogP contribution in [0.15, 0.2) is 11.0 Å². The summed E-state index contributed by atoms with van der Waals surface area (Å²) in [5, 5.41) is 7.93. The van der Waals surface area contributed by atoms with E-state index in [9.17, 15) is 4.79 Å². The lowest BCUT2D eigenvalue weighted by molar-refractivity contribution is 0.182. The van der Waals surface area contributed by atoms with Crippen LogP contribution >= 0.6 is 11.6 Å². The molecule has 0 spiro atoms. The Bertz CT molecular complexity index is 577. The van der Waals surface area contributed by atoms with Crippen molar-refractivity contribution in [1.82, 2.24) is 15.1 Å². The molecule has 1 aromatic rings. The summed E-state index contributed by atoms with van der Waals surface area (Å²) in [6.07, 6.45) is 1.71. The maximum absolute atomic E-state index is 12.3. The average Bonchev–Trinajstić information content (AvgIpc) is 3.04. The van der Waals surface area contributed by atoms with Gasteiger partial charge in [0.1, 0.15) is 5.02 Å². The third-order valence-corrected chi connectivity index (χ3v) is 5.07. The van der Waals surface area contributed by atoms with Crippen LogP contribution in [0, 0.1) is 11.8 Å². The first-order valence-electron chi connectivity index (χ1n) is 7.35. The van der Waals surface area contributed by atoms with E-state index < -0.39 is 0 Å². The summed E-state index contributed by atoms with van der Waals surface area (Å²) >= 11 is 6.31. The van der Waals surface area contributed by atoms with Gasteiger partial charge < -0.3 is 15.0 Å². The van der Waals surface area contributed by atoms with E-state index in [1.807, 2.05) is 0 Å². The van der Waals surface area contributed by atoms with Gasteiger partial charge in [-0.05, 0) is 18.8 Å². The predicted molar refractivity (Wildman–Crippen MR) is 82.0 cm³/mol. The Labute approximate surface area is 129 Å². The molecule has 0 aromatic carbocycles. The highest BCUT2D eigenvalue weighted by Crippen LogP contribution is 2.37. The lowest BCUT2D eigenvalue weighted by Crippen LogP contribution is -2.35. The zero-order valence-electron chi connectivity index (χ0n) is 12.4. The molecule has 1 N–H and O–H groups in total. The van der Waals surface area contributed by atoms with Crippen molar-refractivity contribution in [3.63, 3.8) is 0 Å². The normalized spacial score (nSPS) is 28.1. The maximum Gasteiger partial charge on any atom is 0.287 e. The molecule has 7 heteroatoms. The first-order chi connectivity index (χ1) is 10.1. The number of aromatic nitrogens is 2. The van der Waals surface area contributed by atoms with E-state index in [0.29, 0.717) is 31.0 Å². The molecule has 3 heterocycles. The summed E-state index contributed by atoms with van der Waals surface area (Å²) in [4.78, 5) is 14.5. The second kappa shape index (κ2) is 5.94. The van der Waals surface area contributed by atoms with Crippen LogP contribution in [0.2, 0.25) is 5.02 Å². The van der Waals surface area contributed by atoms with E-state index in [1.165, 1.54) is 4.68 Å². The minimum atomic E-state index is -0.242. The third kappa shape index (κ3) is 2.56. The Morgan fingerprint density at radius 3 is 3.05 bits per heavy atom. The molecule has 116 valence electrons. The average molecular weight is 313 g/mol. The molecule has 21 heavy (non-hydrogen) atoms. The van der Waals surface area contributed by atoms with Crippen LogP contribution in [0.4, 0.5) is 5.69 Å². The number of hydrogen-bond donors (Lipinski definition) is 1. The monoisotopic (exact) mass is 312 g/mol. The Kier molecular flexibility index (Phi) is 4.19. The maximum atomic E-state index is 12.3. The van der Waals surface area contributed by atoms with E-state index in [0.717, 1.165) is 25.3 Å². The molecule has 1 aromatic heterocycles. The minimum Gasteiger partial charge on any atom is -0.383 e. The van der Waals surface area contributed by atoms with Gasteiger partial charge in [0.05, 0.1) is 25.0 Å². The third-order valence-electron chi connectivity index (χ3n) is 4.72. The van der Waals surface area contributed by atoms with Gasteiger partial charge in [0, 0.05) is 32.8 Å². The molecule has 0 amide bonds. The van der Waals surface area contributed by atoms with Crippen molar-refractivity contribution >= 4 is 17.3 Å². The molecule has 2 fully saturated rings. The van der Waals surface area contributed by atoms with Gasteiger partial charge >= 0.3 is 0 Å². The number of halogens is 1. The number of fused-ring (bicyclic) bond motifs is 1. The lowest BCUT2D eigenvalue weighted by atomic mass is 9.95. The van der Waals surface area contributed by atoms with Crippen LogP contribution in [-0.4, -0.2) is 49.2 Å². The molecule has 2 aliphatic heterocycles. The smallest absolute Gasteiger partial charge is 0.287 e. The quantitative estimate of drug-likeness (QED) is 0.881. The fourth-order valence-corrected chi connectivity index (χ4v) is 3.73. The van der Waals surface area contributed by atoms with E-state index in [-0.39, 0.29) is 10.6 Å². The predicted octanol–water partition coefficient (Wildman–Crippen LogP) is 0.587. The Balaban J connectivity index is 1.86. The molecule has 0 aliphatic carbocycles. The van der Waals surface area contributed by atoms with Gasteiger partial charge in [0.15, 0.2) is 0 Å². The SMILES string of the molecule is COCCn1ncc(N2CC3CNCC3C2C)c(Cl)c1=O. The summed E-state index contributed by atoms with van der Waals surface area (Å²) in [6.45, 7) is 6.07. The van der Waals surface area contributed by atoms with Gasteiger partial charge in [-0.15, -0.1) is 0 Å². The van der Waals surface area contributed by atoms with Crippen LogP contribution < -0.4 is 15.8 Å². The van der Waals surface area contributed by atoms with Gasteiger partial charge in [0.2, 0.25) is 0 Å². The van der Waals surface area contributed by atoms with Crippen LogP contribution in [0.1, 0.15) is 6.92 Å². The molecular weight excluding hydrogens is 292 g/mol. The molecule has 2 saturated heterocycles. The van der Waals surface area contributed by atoms with Crippen molar-refractivity contribution in [2.75, 3.05) is 38.3 Å². The van der Waals surface area contributed by atoms with E-state index in [4.69, 9.17) is 16.3 Å². The fraction of sp³-hybridized carbons (Fsp3) is 0.714. The minimum absolute atomic E-state index is 0.242. The molecule has 3 atom stereocenters. The number of rotatable bonds is 4. The Hall–Kier alpha value is -1.11. The zero-order valence-corrected chi connectivity index (χ0v) is 13.1. The topological polar surface area (TPSA) is 59.4 Å². The van der Waals surface area contributed by atoms with Crippen molar-refractivity contribution in [2.24, 2.45) is 11.8 Å². The van der Waals surface area contributed by atoms with Crippen molar-refractivity contribution in [3.05, 3.63) is 21.6 Å². The van der Waals surface area contributed by atoms with Crippen LogP contribution in [-0.2, 0) is 11.3 Å². The van der Waals surface area contributed by atoms with Crippen LogP contribution in [0.5, 0.6) is 0 Å². The highest BCUT2D eigenvalue weighted by Gasteiger charge is 2.42. The lowest BCUT2D eigenvalue weighted by Gasteiger charge is -2.27. The highest BCUT2D eigenvalue weighted by molar-refractivity contribution is 6.33. The van der Waals surface area contributed by atoms with E-state index in [1.54, 1.807) is 13.3 Å². The van der Waals surface area contributed by atoms with Gasteiger partial charge in [0.25, 0.3) is 5.56 Å². The Morgan fingerprint density at radius 1 is 1.52 bits per heavy atom. The second-order valence-electron chi connectivity index (χ2n) is 5.84. The molecule has 0 bridgehead atoms. The number of methoxy groups -OCH3 is 1. The highest BCUT2D eigenvalue weighted by atomic mass is 35.5. The van der Waals surface area contributed by atoms with E-state index >= 15 is 0 Å². The fourth-order valence-electron chi connectivity index (χ4n) is 3.48. The summed E-state index contributed by atoms with van der Waals surface area (Å²) in [6, 6.07) is 0.374. The zero-order chi connectivity index (χ0) is 15.0. The molecule has 0 radical (unpaired) electrons. The Morgan fingerprint density at radius 2 is 2.33 bits per heavy atom. The number of ether oxygens (including phenoxy) is 1. The summed E-state index contributed by atoms with van der Waals surface area (Å²) in [5.41, 5.74) is 0.519. The van der Waals surface area contributed by atoms with Gasteiger partial charge in [-0.25, -0.2) is 4.68 Å². The molecule has 3 rings (SSSR count). The number of hydrogen-bond acceptors (Lipinski definition) is 5. The standard InChI is InChI=1S/C14H21ClN4O2/c1-9-11-6-16-5-10(11)8-18(9)12-7-17-19(3-4-21-2)14(20)13(12)15/h7,9-11,16H,3-6,8H2,1-2H3. The molecule has 2 aliphatic rings. The molecule has 6 nitrogen and oxygen atoms in total. The number of nitrogens with one attached hydrogen (secondary N) is 1. The summed E-state index contributed by atoms with van der Waals surface area (Å²) in [5.74, 6) is 1.25. The number of nitrogens with zero attached hydrogens (tertiary/aromatic N) is 3. The van der Waals surface area contributed by atoms with E-state index in [2.05, 4.69) is 22.2 Å². The van der Waals surface area contributed by atoms with Gasteiger partial charge in [-0.2, -0.15) is 5.10 Å². The van der Waals surface area contributed by atoms with Gasteiger partial charge in [-0.1, -0.05) is 11.6 Å². The largest absolute Gasteiger partial charge is 0.383 e. The summed E-state index contributed by atoms with van der Waals surface area (Å²) < 4.78 is 6.34. The van der Waals surface area contributed by atoms with Crippen LogP contribution in [0.3, 0.4) is 0 Å². The first-order valence-corrected chi connectivity index (χ1v) is 7.73. The molecular formula is C14H21ClN4O2.